The fourth-order valence-corrected chi connectivity index (χ4v) is 1.06. The molecule has 0 saturated heterocycles. The Balaban J connectivity index is 0.000000160. The van der Waals surface area contributed by atoms with Gasteiger partial charge < -0.3 is 9.15 Å². The average molecular weight is 214 g/mol. The predicted molar refractivity (Wildman–Crippen MR) is 69.2 cm³/mol. The minimum atomic E-state index is 1.27. The summed E-state index contributed by atoms with van der Waals surface area (Å²) in [6.07, 6.45) is 11.9. The fourth-order valence-electron chi connectivity index (χ4n) is 1.06. The summed E-state index contributed by atoms with van der Waals surface area (Å²) in [6, 6.07) is 0. The van der Waals surface area contributed by atoms with Crippen molar-refractivity contribution in [1.29, 1.82) is 0 Å². The molecule has 2 heterocycles. The summed E-state index contributed by atoms with van der Waals surface area (Å²) in [7, 11) is 0. The van der Waals surface area contributed by atoms with E-state index in [0.29, 0.717) is 0 Å². The topological polar surface area (TPSA) is 6.02 Å². The molecule has 84 valence electrons. The Morgan fingerprint density at radius 3 is 1.44 bits per heavy atom. The third kappa shape index (κ3) is 4.51. The van der Waals surface area contributed by atoms with Crippen LogP contribution in [0.1, 0.15) is 13.8 Å². The van der Waals surface area contributed by atoms with E-state index in [9.17, 15) is 0 Å². The Bertz CT molecular complexity index is 361. The molecule has 0 aliphatic carbocycles. The SMILES string of the molecule is C=[N+]1C=CC(C)=C[CH-]1.C=[N+]1C=CC(C)=C[CH-]1. The highest BCUT2D eigenvalue weighted by molar-refractivity contribution is 5.25. The first-order valence-corrected chi connectivity index (χ1v) is 5.15. The van der Waals surface area contributed by atoms with E-state index in [0.717, 1.165) is 0 Å². The lowest BCUT2D eigenvalue weighted by Gasteiger charge is -2.04. The maximum atomic E-state index is 3.68. The lowest BCUT2D eigenvalue weighted by molar-refractivity contribution is -0.395. The Morgan fingerprint density at radius 1 is 0.875 bits per heavy atom. The van der Waals surface area contributed by atoms with E-state index in [1.165, 1.54) is 11.1 Å². The van der Waals surface area contributed by atoms with Crippen LogP contribution in [-0.4, -0.2) is 22.6 Å². The Labute approximate surface area is 97.9 Å². The summed E-state index contributed by atoms with van der Waals surface area (Å²) in [5.74, 6) is 0. The first-order chi connectivity index (χ1) is 7.58. The van der Waals surface area contributed by atoms with Crippen molar-refractivity contribution in [2.75, 3.05) is 0 Å². The molecule has 0 bridgehead atoms. The molecular weight excluding hydrogens is 196 g/mol. The van der Waals surface area contributed by atoms with Crippen molar-refractivity contribution < 1.29 is 9.15 Å². The van der Waals surface area contributed by atoms with Crippen LogP contribution >= 0.6 is 0 Å². The number of hydrogen-bond donors (Lipinski definition) is 0. The first kappa shape index (κ1) is 12.1. The molecule has 0 atom stereocenters. The van der Waals surface area contributed by atoms with Gasteiger partial charge in [-0.05, 0) is 0 Å². The van der Waals surface area contributed by atoms with Gasteiger partial charge in [-0.2, -0.15) is 0 Å². The molecule has 0 spiro atoms. The molecule has 0 amide bonds. The lowest BCUT2D eigenvalue weighted by atomic mass is 10.2. The quantitative estimate of drug-likeness (QED) is 0.432. The van der Waals surface area contributed by atoms with E-state index in [4.69, 9.17) is 0 Å². The molecule has 0 aromatic carbocycles. The van der Waals surface area contributed by atoms with E-state index in [-0.39, 0.29) is 0 Å². The highest BCUT2D eigenvalue weighted by Crippen LogP contribution is 2.03. The van der Waals surface area contributed by atoms with Crippen LogP contribution < -0.4 is 0 Å². The van der Waals surface area contributed by atoms with Crippen LogP contribution in [-0.2, 0) is 0 Å². The Morgan fingerprint density at radius 2 is 1.25 bits per heavy atom. The maximum Gasteiger partial charge on any atom is 0.0867 e. The molecule has 2 heteroatoms. The average Bonchev–Trinajstić information content (AvgIpc) is 2.28. The highest BCUT2D eigenvalue weighted by atomic mass is 14.9. The van der Waals surface area contributed by atoms with Crippen molar-refractivity contribution in [3.63, 3.8) is 0 Å². The van der Waals surface area contributed by atoms with E-state index < -0.39 is 0 Å². The van der Waals surface area contributed by atoms with E-state index in [2.05, 4.69) is 27.3 Å². The Hall–Kier alpha value is -1.96. The normalized spacial score (nSPS) is 17.6. The second-order valence-electron chi connectivity index (χ2n) is 3.78. The third-order valence-electron chi connectivity index (χ3n) is 2.12. The second kappa shape index (κ2) is 5.81. The smallest absolute Gasteiger partial charge is 0.0867 e. The van der Waals surface area contributed by atoms with E-state index in [1.807, 2.05) is 49.8 Å². The van der Waals surface area contributed by atoms with E-state index >= 15 is 0 Å². The minimum absolute atomic E-state index is 1.27. The summed E-state index contributed by atoms with van der Waals surface area (Å²) >= 11 is 0. The predicted octanol–water partition coefficient (Wildman–Crippen LogP) is 2.67. The zero-order valence-electron chi connectivity index (χ0n) is 9.93. The fraction of sp³-hybridized carbons (Fsp3) is 0.143. The molecule has 0 N–H and O–H groups in total. The van der Waals surface area contributed by atoms with Crippen molar-refractivity contribution >= 4 is 13.4 Å². The summed E-state index contributed by atoms with van der Waals surface area (Å²) in [5.41, 5.74) is 2.54. The summed E-state index contributed by atoms with van der Waals surface area (Å²) < 4.78 is 3.54. The van der Waals surface area contributed by atoms with Crippen LogP contribution in [0.2, 0.25) is 0 Å². The zero-order valence-corrected chi connectivity index (χ0v) is 9.93. The number of rotatable bonds is 0. The van der Waals surface area contributed by atoms with Crippen molar-refractivity contribution in [3.8, 4) is 0 Å². The highest BCUT2D eigenvalue weighted by Gasteiger charge is 1.90. The van der Waals surface area contributed by atoms with Gasteiger partial charge in [0.25, 0.3) is 0 Å². The van der Waals surface area contributed by atoms with Gasteiger partial charge in [0.05, 0.1) is 38.9 Å². The van der Waals surface area contributed by atoms with Gasteiger partial charge in [-0.15, -0.1) is 11.1 Å². The van der Waals surface area contributed by atoms with Crippen LogP contribution in [0.5, 0.6) is 0 Å². The van der Waals surface area contributed by atoms with Gasteiger partial charge in [0.1, 0.15) is 0 Å². The largest absolute Gasteiger partial charge is 0.301 e. The third-order valence-corrected chi connectivity index (χ3v) is 2.12. The van der Waals surface area contributed by atoms with Crippen LogP contribution in [0.4, 0.5) is 0 Å². The van der Waals surface area contributed by atoms with Gasteiger partial charge in [-0.1, -0.05) is 38.2 Å². The minimum Gasteiger partial charge on any atom is -0.301 e. The van der Waals surface area contributed by atoms with Gasteiger partial charge >= 0.3 is 0 Å². The lowest BCUT2D eigenvalue weighted by Crippen LogP contribution is -1.97. The monoisotopic (exact) mass is 214 g/mol. The van der Waals surface area contributed by atoms with Crippen molar-refractivity contribution in [2.45, 2.75) is 13.8 Å². The summed E-state index contributed by atoms with van der Waals surface area (Å²) in [5, 5.41) is 0. The number of nitrogens with zero attached hydrogens (tertiary/aromatic N) is 2. The molecule has 0 aromatic rings. The molecule has 0 saturated carbocycles. The summed E-state index contributed by atoms with van der Waals surface area (Å²) in [6.45, 7) is 15.3. The summed E-state index contributed by atoms with van der Waals surface area (Å²) in [4.78, 5) is 0. The van der Waals surface area contributed by atoms with Crippen LogP contribution in [0.15, 0.2) is 47.9 Å². The number of allylic oxidation sites excluding steroid dienone is 4. The van der Waals surface area contributed by atoms with Gasteiger partial charge in [0.15, 0.2) is 0 Å². The van der Waals surface area contributed by atoms with Gasteiger partial charge in [-0.3, -0.25) is 0 Å². The molecule has 2 nitrogen and oxygen atoms in total. The van der Waals surface area contributed by atoms with E-state index in [1.54, 1.807) is 9.15 Å². The van der Waals surface area contributed by atoms with Gasteiger partial charge in [0.2, 0.25) is 0 Å². The van der Waals surface area contributed by atoms with Crippen molar-refractivity contribution in [3.05, 3.63) is 60.9 Å². The van der Waals surface area contributed by atoms with Crippen LogP contribution in [0.3, 0.4) is 0 Å². The molecule has 2 aliphatic rings. The molecule has 0 unspecified atom stereocenters. The zero-order chi connectivity index (χ0) is 12.0. The molecule has 2 rings (SSSR count). The van der Waals surface area contributed by atoms with Gasteiger partial charge in [0, 0.05) is 0 Å². The van der Waals surface area contributed by atoms with Gasteiger partial charge in [-0.25, -0.2) is 0 Å². The molecular formula is C14H18N2. The molecule has 2 aliphatic heterocycles. The molecule has 0 fully saturated rings. The van der Waals surface area contributed by atoms with Crippen molar-refractivity contribution in [2.24, 2.45) is 0 Å². The first-order valence-electron chi connectivity index (χ1n) is 5.15. The molecule has 0 radical (unpaired) electrons. The number of hydrogen-bond acceptors (Lipinski definition) is 0. The Kier molecular flexibility index (Phi) is 4.40. The van der Waals surface area contributed by atoms with Crippen LogP contribution in [0, 0.1) is 13.1 Å². The van der Waals surface area contributed by atoms with Crippen LogP contribution in [0.25, 0.3) is 0 Å². The second-order valence-corrected chi connectivity index (χ2v) is 3.78. The maximum absolute atomic E-state index is 3.68. The van der Waals surface area contributed by atoms with Crippen molar-refractivity contribution in [1.82, 2.24) is 0 Å². The molecule has 0 aromatic heterocycles. The molecule has 16 heavy (non-hydrogen) atoms. The standard InChI is InChI=1S/2C7H9N/c2*1-7-3-5-8(2)6-4-7/h2*3-6H,2H2,1H3.